The van der Waals surface area contributed by atoms with E-state index < -0.39 is 0 Å². The van der Waals surface area contributed by atoms with Crippen molar-refractivity contribution >= 4 is 11.0 Å². The molecule has 0 fully saturated rings. The molecular weight excluding hydrogens is 164 g/mol. The smallest absolute Gasteiger partial charge is 0.137 e. The third kappa shape index (κ3) is 1.28. The maximum atomic E-state index is 5.38. The lowest BCUT2D eigenvalue weighted by Crippen LogP contribution is -1.86. The van der Waals surface area contributed by atoms with E-state index in [1.54, 1.807) is 13.4 Å². The second-order valence-corrected chi connectivity index (χ2v) is 2.98. The van der Waals surface area contributed by atoms with Crippen LogP contribution in [-0.2, 0) is 6.42 Å². The van der Waals surface area contributed by atoms with E-state index in [9.17, 15) is 0 Å². The topological polar surface area (TPSA) is 22.4 Å². The molecule has 68 valence electrons. The summed E-state index contributed by atoms with van der Waals surface area (Å²) >= 11 is 0. The molecule has 1 heterocycles. The first-order chi connectivity index (χ1) is 6.35. The van der Waals surface area contributed by atoms with E-state index in [0.717, 1.165) is 23.1 Å². The maximum Gasteiger partial charge on any atom is 0.137 e. The van der Waals surface area contributed by atoms with Gasteiger partial charge in [-0.3, -0.25) is 0 Å². The molecule has 2 nitrogen and oxygen atoms in total. The van der Waals surface area contributed by atoms with E-state index in [2.05, 4.69) is 6.92 Å². The number of hydrogen-bond acceptors (Lipinski definition) is 2. The van der Waals surface area contributed by atoms with Gasteiger partial charge in [-0.2, -0.15) is 0 Å². The molecule has 0 bridgehead atoms. The Bertz CT molecular complexity index is 415. The van der Waals surface area contributed by atoms with Crippen molar-refractivity contribution in [3.8, 4) is 5.75 Å². The summed E-state index contributed by atoms with van der Waals surface area (Å²) in [6, 6.07) is 5.96. The monoisotopic (exact) mass is 176 g/mol. The first-order valence-corrected chi connectivity index (χ1v) is 4.39. The Hall–Kier alpha value is -1.44. The van der Waals surface area contributed by atoms with Crippen molar-refractivity contribution in [2.45, 2.75) is 13.3 Å². The van der Waals surface area contributed by atoms with Crippen LogP contribution < -0.4 is 4.74 Å². The summed E-state index contributed by atoms with van der Waals surface area (Å²) in [7, 11) is 1.68. The molecule has 0 N–H and O–H groups in total. The summed E-state index contributed by atoms with van der Waals surface area (Å²) in [5.41, 5.74) is 2.17. The Kier molecular flexibility index (Phi) is 1.97. The van der Waals surface area contributed by atoms with Crippen molar-refractivity contribution in [2.24, 2.45) is 0 Å². The van der Waals surface area contributed by atoms with Crippen LogP contribution in [0.2, 0.25) is 0 Å². The summed E-state index contributed by atoms with van der Waals surface area (Å²) in [4.78, 5) is 0. The van der Waals surface area contributed by atoms with Crippen LogP contribution in [0, 0.1) is 0 Å². The summed E-state index contributed by atoms with van der Waals surface area (Å²) < 4.78 is 10.6. The van der Waals surface area contributed by atoms with Crippen LogP contribution in [0.4, 0.5) is 0 Å². The molecule has 2 heteroatoms. The lowest BCUT2D eigenvalue weighted by molar-refractivity contribution is 0.414. The van der Waals surface area contributed by atoms with Gasteiger partial charge in [0.25, 0.3) is 0 Å². The van der Waals surface area contributed by atoms with Crippen molar-refractivity contribution in [2.75, 3.05) is 7.11 Å². The predicted molar refractivity (Wildman–Crippen MR) is 52.1 cm³/mol. The number of fused-ring (bicyclic) bond motifs is 1. The average molecular weight is 176 g/mol. The van der Waals surface area contributed by atoms with Crippen LogP contribution in [0.5, 0.6) is 5.75 Å². The molecule has 1 aromatic carbocycles. The van der Waals surface area contributed by atoms with Crippen LogP contribution in [-0.4, -0.2) is 7.11 Å². The van der Waals surface area contributed by atoms with Crippen molar-refractivity contribution in [1.29, 1.82) is 0 Å². The van der Waals surface area contributed by atoms with Crippen molar-refractivity contribution < 1.29 is 9.15 Å². The van der Waals surface area contributed by atoms with Crippen LogP contribution >= 0.6 is 0 Å². The van der Waals surface area contributed by atoms with Gasteiger partial charge in [0.05, 0.1) is 13.4 Å². The zero-order valence-electron chi connectivity index (χ0n) is 7.83. The molecule has 0 aliphatic carbocycles. The molecule has 0 saturated heterocycles. The molecule has 2 rings (SSSR count). The van der Waals surface area contributed by atoms with Crippen molar-refractivity contribution in [1.82, 2.24) is 0 Å². The largest absolute Gasteiger partial charge is 0.497 e. The van der Waals surface area contributed by atoms with E-state index >= 15 is 0 Å². The molecule has 0 amide bonds. The van der Waals surface area contributed by atoms with Gasteiger partial charge in [0, 0.05) is 5.39 Å². The summed E-state index contributed by atoms with van der Waals surface area (Å²) in [5.74, 6) is 0.894. The third-order valence-electron chi connectivity index (χ3n) is 2.22. The van der Waals surface area contributed by atoms with E-state index in [-0.39, 0.29) is 0 Å². The van der Waals surface area contributed by atoms with Gasteiger partial charge in [0.2, 0.25) is 0 Å². The van der Waals surface area contributed by atoms with Gasteiger partial charge in [-0.15, -0.1) is 0 Å². The number of furan rings is 1. The second-order valence-electron chi connectivity index (χ2n) is 2.98. The van der Waals surface area contributed by atoms with E-state index in [1.165, 1.54) is 5.56 Å². The Morgan fingerprint density at radius 1 is 1.38 bits per heavy atom. The fourth-order valence-electron chi connectivity index (χ4n) is 1.51. The van der Waals surface area contributed by atoms with Crippen LogP contribution in [0.1, 0.15) is 12.5 Å². The third-order valence-corrected chi connectivity index (χ3v) is 2.22. The fourth-order valence-corrected chi connectivity index (χ4v) is 1.51. The average Bonchev–Trinajstić information content (AvgIpc) is 2.63. The first-order valence-electron chi connectivity index (χ1n) is 4.39. The van der Waals surface area contributed by atoms with Gasteiger partial charge in [-0.1, -0.05) is 6.92 Å². The molecule has 0 saturated carbocycles. The summed E-state index contributed by atoms with van der Waals surface area (Å²) in [5, 5.41) is 1.11. The highest BCUT2D eigenvalue weighted by molar-refractivity contribution is 5.82. The minimum Gasteiger partial charge on any atom is -0.497 e. The zero-order valence-corrected chi connectivity index (χ0v) is 7.83. The SMILES string of the molecule is CCc1cc(OC)cc2ccoc12. The number of ether oxygens (including phenoxy) is 1. The maximum absolute atomic E-state index is 5.38. The highest BCUT2D eigenvalue weighted by atomic mass is 16.5. The highest BCUT2D eigenvalue weighted by Gasteiger charge is 2.05. The van der Waals surface area contributed by atoms with Crippen molar-refractivity contribution in [3.63, 3.8) is 0 Å². The Morgan fingerprint density at radius 3 is 2.92 bits per heavy atom. The Labute approximate surface area is 77.1 Å². The van der Waals surface area contributed by atoms with Gasteiger partial charge in [-0.05, 0) is 30.2 Å². The Balaban J connectivity index is 2.70. The van der Waals surface area contributed by atoms with Crippen LogP contribution in [0.3, 0.4) is 0 Å². The molecule has 0 aliphatic rings. The molecule has 13 heavy (non-hydrogen) atoms. The first kappa shape index (κ1) is 8.17. The molecule has 0 atom stereocenters. The minimum atomic E-state index is 0.894. The number of aryl methyl sites for hydroxylation is 1. The van der Waals surface area contributed by atoms with E-state index in [4.69, 9.17) is 9.15 Å². The van der Waals surface area contributed by atoms with Gasteiger partial charge in [-0.25, -0.2) is 0 Å². The zero-order chi connectivity index (χ0) is 9.26. The van der Waals surface area contributed by atoms with Gasteiger partial charge >= 0.3 is 0 Å². The van der Waals surface area contributed by atoms with Crippen LogP contribution in [0.25, 0.3) is 11.0 Å². The molecular formula is C11H12O2. The number of hydrogen-bond donors (Lipinski definition) is 0. The molecule has 0 unspecified atom stereocenters. The molecule has 0 spiro atoms. The van der Waals surface area contributed by atoms with E-state index in [0.29, 0.717) is 0 Å². The molecule has 0 aliphatic heterocycles. The summed E-state index contributed by atoms with van der Waals surface area (Å²) in [6.45, 7) is 2.11. The minimum absolute atomic E-state index is 0.894. The van der Waals surface area contributed by atoms with Crippen molar-refractivity contribution in [3.05, 3.63) is 30.0 Å². The number of rotatable bonds is 2. The summed E-state index contributed by atoms with van der Waals surface area (Å²) in [6.07, 6.45) is 2.67. The van der Waals surface area contributed by atoms with Crippen LogP contribution in [0.15, 0.2) is 28.9 Å². The van der Waals surface area contributed by atoms with Gasteiger partial charge < -0.3 is 9.15 Å². The molecule has 1 aromatic heterocycles. The standard InChI is InChI=1S/C11H12O2/c1-3-8-6-10(12-2)7-9-4-5-13-11(8)9/h4-7H,3H2,1-2H3. The number of benzene rings is 1. The van der Waals surface area contributed by atoms with Gasteiger partial charge in [0.15, 0.2) is 0 Å². The Morgan fingerprint density at radius 2 is 2.23 bits per heavy atom. The van der Waals surface area contributed by atoms with Gasteiger partial charge in [0.1, 0.15) is 11.3 Å². The fraction of sp³-hybridized carbons (Fsp3) is 0.273. The lowest BCUT2D eigenvalue weighted by Gasteiger charge is -2.03. The second kappa shape index (κ2) is 3.13. The number of methoxy groups -OCH3 is 1. The predicted octanol–water partition coefficient (Wildman–Crippen LogP) is 3.00. The van der Waals surface area contributed by atoms with E-state index in [1.807, 2.05) is 18.2 Å². The quantitative estimate of drug-likeness (QED) is 0.701. The lowest BCUT2D eigenvalue weighted by atomic mass is 10.1. The molecule has 2 aromatic rings. The highest BCUT2D eigenvalue weighted by Crippen LogP contribution is 2.26. The normalized spacial score (nSPS) is 10.6. The molecule has 0 radical (unpaired) electrons.